The molecule has 0 amide bonds. The third kappa shape index (κ3) is 24.4. The average molecular weight is 574 g/mol. The van der Waals surface area contributed by atoms with Crippen LogP contribution in [0.1, 0.15) is 219 Å². The summed E-state index contributed by atoms with van der Waals surface area (Å²) in [6, 6.07) is 0. The quantitative estimate of drug-likeness (QED) is 0.0584. The highest BCUT2D eigenvalue weighted by atomic mass is 15.1. The minimum Gasteiger partial charge on any atom is -0.237 e. The maximum absolute atomic E-state index is 2.55. The van der Waals surface area contributed by atoms with Crippen molar-refractivity contribution >= 4 is 0 Å². The van der Waals surface area contributed by atoms with Crippen molar-refractivity contribution in [2.24, 2.45) is 7.05 Å². The number of unbranched alkanes of at least 4 members (excludes halogenated alkanes) is 29. The Hall–Kier alpha value is -0.790. The minimum absolute atomic E-state index is 1.22. The van der Waals surface area contributed by atoms with Crippen molar-refractivity contribution in [1.29, 1.82) is 0 Å². The molecule has 1 aromatic rings. The van der Waals surface area contributed by atoms with Gasteiger partial charge in [0.1, 0.15) is 12.4 Å². The summed E-state index contributed by atoms with van der Waals surface area (Å²) in [6.07, 6.45) is 50.6. The molecule has 0 spiro atoms. The van der Waals surface area contributed by atoms with Crippen LogP contribution in [0.4, 0.5) is 0 Å². The van der Waals surface area contributed by atoms with E-state index in [1.54, 1.807) is 5.82 Å². The summed E-state index contributed by atoms with van der Waals surface area (Å²) < 4.78 is 4.92. The van der Waals surface area contributed by atoms with E-state index in [1.165, 1.54) is 212 Å². The predicted octanol–water partition coefficient (Wildman–Crippen LogP) is 13.0. The number of nitrogens with zero attached hydrogens (tertiary/aromatic N) is 2. The Morgan fingerprint density at radius 3 is 1.05 bits per heavy atom. The van der Waals surface area contributed by atoms with Gasteiger partial charge >= 0.3 is 0 Å². The molecule has 0 fully saturated rings. The molecule has 0 unspecified atom stereocenters. The number of aryl methyl sites for hydroxylation is 2. The molecule has 0 saturated heterocycles. The fourth-order valence-corrected chi connectivity index (χ4v) is 6.56. The van der Waals surface area contributed by atoms with Gasteiger partial charge in [0, 0.05) is 6.42 Å². The van der Waals surface area contributed by atoms with Crippen molar-refractivity contribution in [3.63, 3.8) is 0 Å². The molecule has 1 aromatic heterocycles. The highest BCUT2D eigenvalue weighted by molar-refractivity contribution is 4.84. The molecule has 0 bridgehead atoms. The Morgan fingerprint density at radius 1 is 0.415 bits per heavy atom. The third-order valence-electron chi connectivity index (χ3n) is 9.47. The van der Waals surface area contributed by atoms with Crippen LogP contribution in [0, 0.1) is 0 Å². The molecule has 41 heavy (non-hydrogen) atoms. The second-order valence-corrected chi connectivity index (χ2v) is 13.5. The Bertz CT molecular complexity index is 634. The standard InChI is InChI=1S/C39H77N2/c1-4-6-8-10-12-14-16-18-20-21-22-23-25-27-29-31-33-35-39-40(3)37-38-41(39)36-34-32-30-28-26-24-19-17-15-13-11-9-7-5-2/h37-38H,4-36H2,1-3H3/q+1. The largest absolute Gasteiger partial charge is 0.256 e. The van der Waals surface area contributed by atoms with Crippen LogP contribution in [0.3, 0.4) is 0 Å². The van der Waals surface area contributed by atoms with Crippen molar-refractivity contribution in [3.8, 4) is 0 Å². The molecule has 2 heteroatoms. The first-order valence-electron chi connectivity index (χ1n) is 19.3. The second-order valence-electron chi connectivity index (χ2n) is 13.5. The zero-order valence-corrected chi connectivity index (χ0v) is 28.9. The predicted molar refractivity (Wildman–Crippen MR) is 184 cm³/mol. The van der Waals surface area contributed by atoms with Crippen molar-refractivity contribution in [3.05, 3.63) is 18.2 Å². The van der Waals surface area contributed by atoms with E-state index in [9.17, 15) is 0 Å². The Morgan fingerprint density at radius 2 is 0.707 bits per heavy atom. The van der Waals surface area contributed by atoms with Gasteiger partial charge in [0.15, 0.2) is 0 Å². The van der Waals surface area contributed by atoms with E-state index in [0.29, 0.717) is 0 Å². The molecule has 0 saturated carbocycles. The molecule has 0 radical (unpaired) electrons. The highest BCUT2D eigenvalue weighted by Crippen LogP contribution is 2.16. The van der Waals surface area contributed by atoms with E-state index in [2.05, 4.69) is 42.4 Å². The summed E-state index contributed by atoms with van der Waals surface area (Å²) in [7, 11) is 2.24. The molecule has 0 aliphatic heterocycles. The lowest BCUT2D eigenvalue weighted by molar-refractivity contribution is -0.678. The SMILES string of the molecule is CCCCCCCCCCCCCCCCCCCc1n(CCCCCCCCCCCCCCCC)cc[n+]1C. The average Bonchev–Trinajstić information content (AvgIpc) is 3.33. The molecule has 0 aromatic carbocycles. The fraction of sp³-hybridized carbons (Fsp3) is 0.923. The van der Waals surface area contributed by atoms with E-state index in [0.717, 1.165) is 0 Å². The van der Waals surface area contributed by atoms with Gasteiger partial charge in [0.05, 0.1) is 13.6 Å². The molecule has 0 N–H and O–H groups in total. The Balaban J connectivity index is 1.89. The van der Waals surface area contributed by atoms with Gasteiger partial charge in [-0.15, -0.1) is 0 Å². The van der Waals surface area contributed by atoms with Gasteiger partial charge in [-0.05, 0) is 19.3 Å². The summed E-state index contributed by atoms with van der Waals surface area (Å²) in [5.74, 6) is 1.54. The number of hydrogen-bond acceptors (Lipinski definition) is 0. The Kier molecular flexibility index (Phi) is 28.6. The maximum atomic E-state index is 2.55. The number of aromatic nitrogens is 2. The summed E-state index contributed by atoms with van der Waals surface area (Å²) in [4.78, 5) is 0. The van der Waals surface area contributed by atoms with Crippen LogP contribution in [-0.4, -0.2) is 4.57 Å². The smallest absolute Gasteiger partial charge is 0.237 e. The van der Waals surface area contributed by atoms with Crippen molar-refractivity contribution in [2.45, 2.75) is 226 Å². The van der Waals surface area contributed by atoms with Crippen LogP contribution in [0.2, 0.25) is 0 Å². The zero-order valence-electron chi connectivity index (χ0n) is 28.9. The van der Waals surface area contributed by atoms with Gasteiger partial charge in [0.2, 0.25) is 0 Å². The van der Waals surface area contributed by atoms with Crippen LogP contribution < -0.4 is 4.57 Å². The number of imidazole rings is 1. The van der Waals surface area contributed by atoms with E-state index in [4.69, 9.17) is 0 Å². The number of hydrogen-bond donors (Lipinski definition) is 0. The molecular formula is C39H77N2+. The summed E-state index contributed by atoms with van der Waals surface area (Å²) >= 11 is 0. The molecular weight excluding hydrogens is 496 g/mol. The first kappa shape index (κ1) is 38.2. The van der Waals surface area contributed by atoms with Crippen molar-refractivity contribution in [2.75, 3.05) is 0 Å². The van der Waals surface area contributed by atoms with Gasteiger partial charge in [0.25, 0.3) is 5.82 Å². The van der Waals surface area contributed by atoms with Crippen molar-refractivity contribution in [1.82, 2.24) is 4.57 Å². The van der Waals surface area contributed by atoms with Crippen LogP contribution in [0.15, 0.2) is 12.4 Å². The summed E-state index contributed by atoms with van der Waals surface area (Å²) in [5.41, 5.74) is 0. The monoisotopic (exact) mass is 574 g/mol. The summed E-state index contributed by atoms with van der Waals surface area (Å²) in [6.45, 7) is 5.83. The summed E-state index contributed by atoms with van der Waals surface area (Å²) in [5, 5.41) is 0. The molecule has 0 aliphatic rings. The number of rotatable bonds is 33. The van der Waals surface area contributed by atoms with Crippen LogP contribution >= 0.6 is 0 Å². The van der Waals surface area contributed by atoms with Crippen LogP contribution in [-0.2, 0) is 20.0 Å². The van der Waals surface area contributed by atoms with E-state index < -0.39 is 0 Å². The van der Waals surface area contributed by atoms with Gasteiger partial charge in [-0.2, -0.15) is 0 Å². The molecule has 2 nitrogen and oxygen atoms in total. The first-order valence-corrected chi connectivity index (χ1v) is 19.3. The van der Waals surface area contributed by atoms with Gasteiger partial charge in [-0.1, -0.05) is 194 Å². The molecule has 242 valence electrons. The second kappa shape index (κ2) is 30.7. The molecule has 1 rings (SSSR count). The Labute approximate surface area is 259 Å². The lowest BCUT2D eigenvalue weighted by Gasteiger charge is -2.05. The van der Waals surface area contributed by atoms with E-state index in [-0.39, 0.29) is 0 Å². The molecule has 0 atom stereocenters. The van der Waals surface area contributed by atoms with E-state index >= 15 is 0 Å². The van der Waals surface area contributed by atoms with Crippen molar-refractivity contribution < 1.29 is 4.57 Å². The lowest BCUT2D eigenvalue weighted by Crippen LogP contribution is -2.32. The zero-order chi connectivity index (χ0) is 29.5. The molecule has 1 heterocycles. The van der Waals surface area contributed by atoms with Crippen LogP contribution in [0.5, 0.6) is 0 Å². The molecule has 0 aliphatic carbocycles. The normalized spacial score (nSPS) is 11.6. The lowest BCUT2D eigenvalue weighted by atomic mass is 10.0. The van der Waals surface area contributed by atoms with Crippen LogP contribution in [0.25, 0.3) is 0 Å². The van der Waals surface area contributed by atoms with Gasteiger partial charge < -0.3 is 0 Å². The van der Waals surface area contributed by atoms with Gasteiger partial charge in [-0.25, -0.2) is 9.13 Å². The fourth-order valence-electron chi connectivity index (χ4n) is 6.56. The first-order chi connectivity index (χ1) is 20.3. The topological polar surface area (TPSA) is 8.81 Å². The van der Waals surface area contributed by atoms with E-state index in [1.807, 2.05) is 0 Å². The highest BCUT2D eigenvalue weighted by Gasteiger charge is 2.13. The third-order valence-corrected chi connectivity index (χ3v) is 9.47. The minimum atomic E-state index is 1.22. The maximum Gasteiger partial charge on any atom is 0.256 e. The van der Waals surface area contributed by atoms with Gasteiger partial charge in [-0.3, -0.25) is 0 Å².